The fourth-order valence-electron chi connectivity index (χ4n) is 9.46. The van der Waals surface area contributed by atoms with Gasteiger partial charge in [0.1, 0.15) is 0 Å². The normalized spacial score (nSPS) is 13.3. The Hall–Kier alpha value is -6.02. The zero-order valence-electron chi connectivity index (χ0n) is 29.1. The summed E-state index contributed by atoms with van der Waals surface area (Å²) in [5.74, 6) is 0. The summed E-state index contributed by atoms with van der Waals surface area (Å²) in [7, 11) is 0. The molecule has 0 atom stereocenters. The first kappa shape index (κ1) is 29.7. The van der Waals surface area contributed by atoms with Gasteiger partial charge in [0.15, 0.2) is 0 Å². The van der Waals surface area contributed by atoms with Crippen molar-refractivity contribution >= 4 is 63.8 Å². The Morgan fingerprint density at radius 2 is 0.885 bits per heavy atom. The van der Waals surface area contributed by atoms with Crippen molar-refractivity contribution in [3.8, 4) is 44.5 Å². The molecule has 0 N–H and O–H groups in total. The van der Waals surface area contributed by atoms with Crippen LogP contribution in [0.3, 0.4) is 0 Å². The second-order valence-corrected chi connectivity index (χ2v) is 15.9. The van der Waals surface area contributed by atoms with E-state index in [1.54, 1.807) is 0 Å². The molecule has 0 saturated carbocycles. The summed E-state index contributed by atoms with van der Waals surface area (Å²) in [6.07, 6.45) is 0. The van der Waals surface area contributed by atoms with Crippen LogP contribution < -0.4 is 0 Å². The molecule has 0 nitrogen and oxygen atoms in total. The van der Waals surface area contributed by atoms with Gasteiger partial charge in [-0.25, -0.2) is 0 Å². The quantitative estimate of drug-likeness (QED) is 0.163. The summed E-state index contributed by atoms with van der Waals surface area (Å²) in [6, 6.07) is 63.5. The smallest absolute Gasteiger partial charge is 0.0355 e. The van der Waals surface area contributed by atoms with Crippen molar-refractivity contribution in [1.29, 1.82) is 0 Å². The Bertz CT molecular complexity index is 3040. The molecule has 1 heterocycles. The Morgan fingerprint density at radius 3 is 1.62 bits per heavy atom. The first-order valence-corrected chi connectivity index (χ1v) is 19.0. The van der Waals surface area contributed by atoms with Crippen molar-refractivity contribution in [3.05, 3.63) is 181 Å². The largest absolute Gasteiger partial charge is 0.135 e. The zero-order chi connectivity index (χ0) is 34.6. The van der Waals surface area contributed by atoms with E-state index in [4.69, 9.17) is 0 Å². The Morgan fingerprint density at radius 1 is 0.346 bits per heavy atom. The Labute approximate surface area is 307 Å². The van der Waals surface area contributed by atoms with Gasteiger partial charge in [-0.2, -0.15) is 0 Å². The second kappa shape index (κ2) is 11.0. The van der Waals surface area contributed by atoms with Gasteiger partial charge in [-0.3, -0.25) is 0 Å². The van der Waals surface area contributed by atoms with E-state index in [0.29, 0.717) is 0 Å². The van der Waals surface area contributed by atoms with E-state index < -0.39 is 0 Å². The van der Waals surface area contributed by atoms with Crippen LogP contribution in [0.2, 0.25) is 0 Å². The number of benzene rings is 9. The molecule has 1 aromatic heterocycles. The van der Waals surface area contributed by atoms with Crippen molar-refractivity contribution < 1.29 is 0 Å². The average molecular weight is 679 g/mol. The molecule has 0 spiro atoms. The maximum absolute atomic E-state index is 2.43. The maximum Gasteiger partial charge on any atom is 0.0355 e. The van der Waals surface area contributed by atoms with Crippen molar-refractivity contribution in [2.75, 3.05) is 0 Å². The fraction of sp³-hybridized carbons (Fsp3) is 0.0588. The lowest BCUT2D eigenvalue weighted by molar-refractivity contribution is 0.668. The SMILES string of the molecule is CC1(C)c2c(-c3cccc(-c4c5ccccc5c(-c5ccc6sc7ccccc7c6c5)c5ccccc45)c3)cccc2-c2ccc3ccccc3c21. The van der Waals surface area contributed by atoms with E-state index in [-0.39, 0.29) is 5.41 Å². The molecule has 0 radical (unpaired) electrons. The predicted octanol–water partition coefficient (Wildman–Crippen LogP) is 14.8. The molecule has 1 aliphatic carbocycles. The van der Waals surface area contributed by atoms with Crippen LogP contribution in [0.1, 0.15) is 25.0 Å². The fourth-order valence-corrected chi connectivity index (χ4v) is 10.5. The van der Waals surface area contributed by atoms with Crippen LogP contribution in [0.5, 0.6) is 0 Å². The van der Waals surface area contributed by atoms with Crippen molar-refractivity contribution in [1.82, 2.24) is 0 Å². The molecule has 52 heavy (non-hydrogen) atoms. The molecule has 0 aliphatic heterocycles. The lowest BCUT2D eigenvalue weighted by atomic mass is 9.77. The number of thiophene rings is 1. The molecular formula is C51H34S. The standard InChI is InChI=1S/C51H34S/c1-51(2)49-35-16-4-3-13-31(35)25-27-43(49)42-23-12-22-36(50(42)51)32-14-11-15-33(29-32)47-38-18-5-7-20-40(38)48(41-21-8-6-19-39(41)47)34-26-28-46-44(30-34)37-17-9-10-24-45(37)52-46/h3-30H,1-2H3. The van der Waals surface area contributed by atoms with E-state index in [0.717, 1.165) is 0 Å². The van der Waals surface area contributed by atoms with Gasteiger partial charge in [-0.05, 0) is 112 Å². The highest BCUT2D eigenvalue weighted by Gasteiger charge is 2.38. The first-order valence-electron chi connectivity index (χ1n) is 18.2. The predicted molar refractivity (Wildman–Crippen MR) is 226 cm³/mol. The third kappa shape index (κ3) is 4.15. The van der Waals surface area contributed by atoms with Crippen LogP contribution in [-0.2, 0) is 5.41 Å². The topological polar surface area (TPSA) is 0 Å². The van der Waals surface area contributed by atoms with Crippen molar-refractivity contribution in [2.24, 2.45) is 0 Å². The summed E-state index contributed by atoms with van der Waals surface area (Å²) in [5.41, 5.74) is 13.1. The summed E-state index contributed by atoms with van der Waals surface area (Å²) in [5, 5.41) is 10.4. The molecule has 9 aromatic carbocycles. The number of hydrogen-bond donors (Lipinski definition) is 0. The van der Waals surface area contributed by atoms with E-state index >= 15 is 0 Å². The Kier molecular flexibility index (Phi) is 6.27. The first-order chi connectivity index (χ1) is 25.6. The number of rotatable bonds is 3. The van der Waals surface area contributed by atoms with E-state index in [9.17, 15) is 0 Å². The summed E-state index contributed by atoms with van der Waals surface area (Å²) in [6.45, 7) is 4.82. The highest BCUT2D eigenvalue weighted by Crippen LogP contribution is 2.55. The van der Waals surface area contributed by atoms with E-state index in [2.05, 4.69) is 184 Å². The van der Waals surface area contributed by atoms with Crippen LogP contribution in [0.15, 0.2) is 170 Å². The van der Waals surface area contributed by atoms with Gasteiger partial charge in [0.05, 0.1) is 0 Å². The number of hydrogen-bond acceptors (Lipinski definition) is 1. The summed E-state index contributed by atoms with van der Waals surface area (Å²) < 4.78 is 2.67. The molecule has 1 heteroatoms. The van der Waals surface area contributed by atoms with Gasteiger partial charge in [0.2, 0.25) is 0 Å². The third-order valence-corrected chi connectivity index (χ3v) is 12.7. The minimum Gasteiger partial charge on any atom is -0.135 e. The molecule has 244 valence electrons. The average Bonchev–Trinajstić information content (AvgIpc) is 3.68. The minimum atomic E-state index is -0.145. The summed E-state index contributed by atoms with van der Waals surface area (Å²) in [4.78, 5) is 0. The molecule has 10 aromatic rings. The van der Waals surface area contributed by atoms with Crippen molar-refractivity contribution in [3.63, 3.8) is 0 Å². The molecule has 0 unspecified atom stereocenters. The lowest BCUT2D eigenvalue weighted by Crippen LogP contribution is -2.16. The summed E-state index contributed by atoms with van der Waals surface area (Å²) >= 11 is 1.88. The van der Waals surface area contributed by atoms with Crippen LogP contribution in [0.25, 0.3) is 97.0 Å². The molecule has 11 rings (SSSR count). The van der Waals surface area contributed by atoms with Crippen LogP contribution in [-0.4, -0.2) is 0 Å². The molecule has 0 saturated heterocycles. The van der Waals surface area contributed by atoms with Crippen LogP contribution in [0, 0.1) is 0 Å². The van der Waals surface area contributed by atoms with Gasteiger partial charge in [0, 0.05) is 25.6 Å². The van der Waals surface area contributed by atoms with Gasteiger partial charge in [0.25, 0.3) is 0 Å². The van der Waals surface area contributed by atoms with Crippen molar-refractivity contribution in [2.45, 2.75) is 19.3 Å². The van der Waals surface area contributed by atoms with Crippen LogP contribution >= 0.6 is 11.3 Å². The van der Waals surface area contributed by atoms with Gasteiger partial charge >= 0.3 is 0 Å². The number of fused-ring (bicyclic) bond motifs is 10. The molecule has 0 amide bonds. The van der Waals surface area contributed by atoms with Crippen LogP contribution in [0.4, 0.5) is 0 Å². The molecular weight excluding hydrogens is 645 g/mol. The third-order valence-electron chi connectivity index (χ3n) is 11.6. The van der Waals surface area contributed by atoms with Gasteiger partial charge in [-0.1, -0.05) is 159 Å². The maximum atomic E-state index is 2.43. The highest BCUT2D eigenvalue weighted by molar-refractivity contribution is 7.25. The second-order valence-electron chi connectivity index (χ2n) is 14.8. The molecule has 1 aliphatic rings. The lowest BCUT2D eigenvalue weighted by Gasteiger charge is -2.26. The zero-order valence-corrected chi connectivity index (χ0v) is 29.9. The molecule has 0 bridgehead atoms. The monoisotopic (exact) mass is 678 g/mol. The Balaban J connectivity index is 1.13. The van der Waals surface area contributed by atoms with E-state index in [1.807, 2.05) is 11.3 Å². The van der Waals surface area contributed by atoms with E-state index in [1.165, 1.54) is 108 Å². The van der Waals surface area contributed by atoms with Gasteiger partial charge in [-0.15, -0.1) is 11.3 Å². The molecule has 0 fully saturated rings. The highest BCUT2D eigenvalue weighted by atomic mass is 32.1. The van der Waals surface area contributed by atoms with Gasteiger partial charge < -0.3 is 0 Å². The minimum absolute atomic E-state index is 0.145.